The molecule has 2 aromatic rings. The van der Waals surface area contributed by atoms with E-state index in [1.807, 2.05) is 13.8 Å². The Morgan fingerprint density at radius 3 is 2.44 bits per heavy atom. The molecule has 0 aliphatic carbocycles. The summed E-state index contributed by atoms with van der Waals surface area (Å²) in [5, 5.41) is 3.53. The number of halogens is 1. The van der Waals surface area contributed by atoms with Crippen LogP contribution in [0.15, 0.2) is 33.2 Å². The summed E-state index contributed by atoms with van der Waals surface area (Å²) in [6.07, 6.45) is 0. The van der Waals surface area contributed by atoms with E-state index in [9.17, 15) is 0 Å². The van der Waals surface area contributed by atoms with Crippen molar-refractivity contribution in [3.63, 3.8) is 0 Å². The predicted octanol–water partition coefficient (Wildman–Crippen LogP) is 5.14. The van der Waals surface area contributed by atoms with Crippen LogP contribution in [0.25, 0.3) is 0 Å². The molecular weight excluding hydrogens is 290 g/mol. The van der Waals surface area contributed by atoms with Crippen LogP contribution >= 0.6 is 15.9 Å². The maximum Gasteiger partial charge on any atom is 0.106 e. The smallest absolute Gasteiger partial charge is 0.106 e. The van der Waals surface area contributed by atoms with Gasteiger partial charge in [0.2, 0.25) is 0 Å². The fourth-order valence-corrected chi connectivity index (χ4v) is 2.66. The van der Waals surface area contributed by atoms with Crippen molar-refractivity contribution < 1.29 is 4.42 Å². The first-order chi connectivity index (χ1) is 8.47. The maximum absolute atomic E-state index is 5.58. The van der Waals surface area contributed by atoms with Gasteiger partial charge in [0.1, 0.15) is 11.5 Å². The Kier molecular flexibility index (Phi) is 3.81. The molecule has 0 bridgehead atoms. The van der Waals surface area contributed by atoms with Crippen LogP contribution in [0.1, 0.15) is 35.6 Å². The third-order valence-corrected chi connectivity index (χ3v) is 3.60. The van der Waals surface area contributed by atoms with E-state index in [1.165, 1.54) is 11.1 Å². The molecule has 0 aliphatic rings. The first-order valence-electron chi connectivity index (χ1n) is 6.07. The Balaban J connectivity index is 2.21. The highest BCUT2D eigenvalue weighted by Gasteiger charge is 2.13. The van der Waals surface area contributed by atoms with Crippen LogP contribution in [0.3, 0.4) is 0 Å². The van der Waals surface area contributed by atoms with Crippen molar-refractivity contribution in [3.8, 4) is 0 Å². The Morgan fingerprint density at radius 2 is 1.89 bits per heavy atom. The van der Waals surface area contributed by atoms with Crippen LogP contribution in [0.5, 0.6) is 0 Å². The third kappa shape index (κ3) is 2.78. The zero-order valence-corrected chi connectivity index (χ0v) is 12.8. The molecule has 1 heterocycles. The molecule has 0 spiro atoms. The van der Waals surface area contributed by atoms with E-state index in [4.69, 9.17) is 4.42 Å². The number of aryl methyl sites for hydroxylation is 3. The summed E-state index contributed by atoms with van der Waals surface area (Å²) in [6, 6.07) is 8.60. The number of rotatable bonds is 3. The molecule has 0 fully saturated rings. The molecule has 3 heteroatoms. The number of anilines is 1. The second-order valence-corrected chi connectivity index (χ2v) is 5.61. The summed E-state index contributed by atoms with van der Waals surface area (Å²) >= 11 is 3.48. The molecule has 1 N–H and O–H groups in total. The van der Waals surface area contributed by atoms with Crippen molar-refractivity contribution in [2.75, 3.05) is 5.32 Å². The van der Waals surface area contributed by atoms with Crippen molar-refractivity contribution in [2.45, 2.75) is 33.7 Å². The molecule has 18 heavy (non-hydrogen) atoms. The van der Waals surface area contributed by atoms with Gasteiger partial charge in [0.25, 0.3) is 0 Å². The zero-order valence-electron chi connectivity index (χ0n) is 11.2. The van der Waals surface area contributed by atoms with Crippen molar-refractivity contribution in [3.05, 3.63) is 51.4 Å². The quantitative estimate of drug-likeness (QED) is 0.849. The topological polar surface area (TPSA) is 25.2 Å². The van der Waals surface area contributed by atoms with Gasteiger partial charge in [-0.2, -0.15) is 0 Å². The maximum atomic E-state index is 5.58. The number of hydrogen-bond acceptors (Lipinski definition) is 2. The van der Waals surface area contributed by atoms with Gasteiger partial charge in [-0.05, 0) is 57.5 Å². The van der Waals surface area contributed by atoms with E-state index in [1.54, 1.807) is 0 Å². The minimum atomic E-state index is 0.238. The van der Waals surface area contributed by atoms with Gasteiger partial charge in [0.05, 0.1) is 6.04 Å². The van der Waals surface area contributed by atoms with Crippen LogP contribution in [0.4, 0.5) is 5.69 Å². The first-order valence-corrected chi connectivity index (χ1v) is 6.86. The van der Waals surface area contributed by atoms with Crippen molar-refractivity contribution in [1.82, 2.24) is 0 Å². The van der Waals surface area contributed by atoms with E-state index in [0.29, 0.717) is 0 Å². The molecule has 1 atom stereocenters. The van der Waals surface area contributed by atoms with Crippen molar-refractivity contribution in [2.24, 2.45) is 0 Å². The minimum absolute atomic E-state index is 0.238. The fraction of sp³-hybridized carbons (Fsp3) is 0.333. The molecule has 0 saturated heterocycles. The van der Waals surface area contributed by atoms with Gasteiger partial charge >= 0.3 is 0 Å². The zero-order chi connectivity index (χ0) is 13.3. The predicted molar refractivity (Wildman–Crippen MR) is 79.1 cm³/mol. The lowest BCUT2D eigenvalue weighted by Crippen LogP contribution is -2.07. The van der Waals surface area contributed by atoms with Gasteiger partial charge in [0.15, 0.2) is 0 Å². The van der Waals surface area contributed by atoms with Gasteiger partial charge in [-0.25, -0.2) is 0 Å². The summed E-state index contributed by atoms with van der Waals surface area (Å²) < 4.78 is 6.68. The average Bonchev–Trinajstić information content (AvgIpc) is 2.62. The Labute approximate surface area is 117 Å². The molecule has 1 aromatic heterocycles. The highest BCUT2D eigenvalue weighted by atomic mass is 79.9. The Bertz CT molecular complexity index is 560. The lowest BCUT2D eigenvalue weighted by Gasteiger charge is -2.16. The normalized spacial score (nSPS) is 12.5. The summed E-state index contributed by atoms with van der Waals surface area (Å²) in [4.78, 5) is 0. The first kappa shape index (κ1) is 13.2. The summed E-state index contributed by atoms with van der Waals surface area (Å²) in [6.45, 7) is 8.25. The summed E-state index contributed by atoms with van der Waals surface area (Å²) in [7, 11) is 0. The van der Waals surface area contributed by atoms with Crippen LogP contribution in [0.2, 0.25) is 0 Å². The van der Waals surface area contributed by atoms with Gasteiger partial charge in [0, 0.05) is 15.7 Å². The van der Waals surface area contributed by atoms with Gasteiger partial charge in [-0.1, -0.05) is 15.9 Å². The van der Waals surface area contributed by atoms with E-state index in [-0.39, 0.29) is 6.04 Å². The molecule has 2 rings (SSSR count). The van der Waals surface area contributed by atoms with Gasteiger partial charge < -0.3 is 9.73 Å². The van der Waals surface area contributed by atoms with Crippen LogP contribution in [0, 0.1) is 20.8 Å². The molecule has 0 aliphatic heterocycles. The summed E-state index contributed by atoms with van der Waals surface area (Å²) in [5.41, 5.74) is 3.60. The van der Waals surface area contributed by atoms with E-state index >= 15 is 0 Å². The van der Waals surface area contributed by atoms with Crippen LogP contribution < -0.4 is 5.32 Å². The van der Waals surface area contributed by atoms with E-state index in [2.05, 4.69) is 59.4 Å². The van der Waals surface area contributed by atoms with Gasteiger partial charge in [-0.3, -0.25) is 0 Å². The molecule has 96 valence electrons. The molecule has 1 aromatic carbocycles. The lowest BCUT2D eigenvalue weighted by molar-refractivity contribution is 0.500. The molecule has 0 radical (unpaired) electrons. The standard InChI is InChI=1S/C15H18BrNO/c1-9-7-13(16)5-6-15(9)17-11(3)14-8-10(2)18-12(14)4/h5-8,11,17H,1-4H3. The van der Waals surface area contributed by atoms with E-state index < -0.39 is 0 Å². The highest BCUT2D eigenvalue weighted by Crippen LogP contribution is 2.27. The molecular formula is C15H18BrNO. The lowest BCUT2D eigenvalue weighted by atomic mass is 10.1. The molecule has 1 unspecified atom stereocenters. The van der Waals surface area contributed by atoms with Crippen LogP contribution in [-0.2, 0) is 0 Å². The average molecular weight is 308 g/mol. The third-order valence-electron chi connectivity index (χ3n) is 3.11. The van der Waals surface area contributed by atoms with Gasteiger partial charge in [-0.15, -0.1) is 0 Å². The highest BCUT2D eigenvalue weighted by molar-refractivity contribution is 9.10. The second kappa shape index (κ2) is 5.19. The second-order valence-electron chi connectivity index (χ2n) is 4.69. The number of nitrogens with one attached hydrogen (secondary N) is 1. The number of benzene rings is 1. The number of furan rings is 1. The monoisotopic (exact) mass is 307 g/mol. The fourth-order valence-electron chi connectivity index (χ4n) is 2.18. The van der Waals surface area contributed by atoms with Crippen molar-refractivity contribution >= 4 is 21.6 Å². The van der Waals surface area contributed by atoms with Crippen molar-refractivity contribution in [1.29, 1.82) is 0 Å². The Morgan fingerprint density at radius 1 is 1.17 bits per heavy atom. The largest absolute Gasteiger partial charge is 0.466 e. The minimum Gasteiger partial charge on any atom is -0.466 e. The van der Waals surface area contributed by atoms with E-state index in [0.717, 1.165) is 21.7 Å². The molecule has 0 amide bonds. The number of hydrogen-bond donors (Lipinski definition) is 1. The molecule has 2 nitrogen and oxygen atoms in total. The Hall–Kier alpha value is -1.22. The van der Waals surface area contributed by atoms with Crippen LogP contribution in [-0.4, -0.2) is 0 Å². The summed E-state index contributed by atoms with van der Waals surface area (Å²) in [5.74, 6) is 1.95. The molecule has 0 saturated carbocycles. The SMILES string of the molecule is Cc1cc(C(C)Nc2ccc(Br)cc2C)c(C)o1.